The van der Waals surface area contributed by atoms with Crippen LogP contribution >= 0.6 is 0 Å². The van der Waals surface area contributed by atoms with Gasteiger partial charge >= 0.3 is 0 Å². The molecule has 1 aromatic carbocycles. The number of rotatable bonds is 3. The number of nitrogens with two attached hydrogens (primary N) is 1. The average molecular weight is 336 g/mol. The van der Waals surface area contributed by atoms with Crippen LogP contribution in [0.5, 0.6) is 0 Å². The van der Waals surface area contributed by atoms with E-state index < -0.39 is 0 Å². The summed E-state index contributed by atoms with van der Waals surface area (Å²) in [5, 5.41) is 7.48. The van der Waals surface area contributed by atoms with Crippen molar-refractivity contribution >= 4 is 17.0 Å². The van der Waals surface area contributed by atoms with E-state index in [0.29, 0.717) is 5.65 Å². The Morgan fingerprint density at radius 2 is 2.08 bits per heavy atom. The molecule has 6 heteroatoms. The van der Waals surface area contributed by atoms with Gasteiger partial charge in [0, 0.05) is 18.7 Å². The lowest BCUT2D eigenvalue weighted by atomic mass is 9.80. The van der Waals surface area contributed by atoms with Crippen molar-refractivity contribution in [3.8, 4) is 11.3 Å². The molecule has 130 valence electrons. The van der Waals surface area contributed by atoms with Crippen LogP contribution in [0.4, 0.5) is 5.82 Å². The topological polar surface area (TPSA) is 83.7 Å². The van der Waals surface area contributed by atoms with E-state index in [2.05, 4.69) is 52.1 Å². The summed E-state index contributed by atoms with van der Waals surface area (Å²) >= 11 is 0. The van der Waals surface area contributed by atoms with Crippen molar-refractivity contribution in [2.45, 2.75) is 26.7 Å². The van der Waals surface area contributed by atoms with Crippen LogP contribution in [0.1, 0.15) is 25.3 Å². The number of fused-ring (bicyclic) bond motifs is 1. The Balaban J connectivity index is 1.62. The highest BCUT2D eigenvalue weighted by atomic mass is 15.2. The molecule has 2 aromatic heterocycles. The maximum Gasteiger partial charge on any atom is 0.202 e. The number of hydrogen-bond acceptors (Lipinski definition) is 5. The van der Waals surface area contributed by atoms with Gasteiger partial charge in [-0.3, -0.25) is 5.10 Å². The minimum absolute atomic E-state index is 0.249. The van der Waals surface area contributed by atoms with Gasteiger partial charge in [0.25, 0.3) is 0 Å². The fraction of sp³-hybridized carbons (Fsp3) is 0.421. The normalized spacial score (nSPS) is 17.2. The van der Waals surface area contributed by atoms with Crippen LogP contribution in [0, 0.1) is 12.3 Å². The Bertz CT molecular complexity index is 892. The van der Waals surface area contributed by atoms with Crippen molar-refractivity contribution in [2.75, 3.05) is 24.5 Å². The summed E-state index contributed by atoms with van der Waals surface area (Å²) in [6.07, 6.45) is 4.03. The smallest absolute Gasteiger partial charge is 0.202 e. The Kier molecular flexibility index (Phi) is 3.92. The average Bonchev–Trinajstić information content (AvgIpc) is 3.05. The molecule has 6 nitrogen and oxygen atoms in total. The van der Waals surface area contributed by atoms with E-state index in [1.807, 2.05) is 12.3 Å². The molecule has 0 radical (unpaired) electrons. The second-order valence-electron chi connectivity index (χ2n) is 7.37. The maximum absolute atomic E-state index is 5.90. The lowest BCUT2D eigenvalue weighted by Crippen LogP contribution is -2.42. The van der Waals surface area contributed by atoms with Crippen LogP contribution < -0.4 is 10.6 Å². The summed E-state index contributed by atoms with van der Waals surface area (Å²) in [7, 11) is 0. The second-order valence-corrected chi connectivity index (χ2v) is 7.37. The van der Waals surface area contributed by atoms with E-state index in [-0.39, 0.29) is 5.41 Å². The van der Waals surface area contributed by atoms with Crippen molar-refractivity contribution in [2.24, 2.45) is 11.1 Å². The van der Waals surface area contributed by atoms with Gasteiger partial charge in [-0.15, -0.1) is 0 Å². The lowest BCUT2D eigenvalue weighted by Gasteiger charge is -2.39. The van der Waals surface area contributed by atoms with Gasteiger partial charge in [0.2, 0.25) is 5.65 Å². The van der Waals surface area contributed by atoms with E-state index in [1.54, 1.807) is 0 Å². The van der Waals surface area contributed by atoms with Crippen LogP contribution in [0.2, 0.25) is 0 Å². The van der Waals surface area contributed by atoms with Crippen LogP contribution in [0.15, 0.2) is 30.5 Å². The first-order valence-electron chi connectivity index (χ1n) is 8.81. The molecule has 3 aromatic rings. The number of nitrogens with one attached hydrogen (secondary N) is 1. The minimum atomic E-state index is 0.249. The molecule has 3 N–H and O–H groups in total. The molecule has 0 atom stereocenters. The van der Waals surface area contributed by atoms with Crippen molar-refractivity contribution in [1.29, 1.82) is 0 Å². The van der Waals surface area contributed by atoms with Crippen molar-refractivity contribution in [1.82, 2.24) is 20.2 Å². The number of H-pyrrole nitrogens is 1. The zero-order chi connectivity index (χ0) is 17.4. The number of aryl methyl sites for hydroxylation is 1. The van der Waals surface area contributed by atoms with Crippen LogP contribution in [-0.2, 0) is 0 Å². The summed E-state index contributed by atoms with van der Waals surface area (Å²) in [4.78, 5) is 11.7. The Morgan fingerprint density at radius 3 is 2.80 bits per heavy atom. The van der Waals surface area contributed by atoms with Crippen LogP contribution in [0.3, 0.4) is 0 Å². The molecule has 0 spiro atoms. The first-order chi connectivity index (χ1) is 12.1. The fourth-order valence-corrected chi connectivity index (χ4v) is 3.42. The molecule has 1 saturated heterocycles. The molecule has 0 amide bonds. The van der Waals surface area contributed by atoms with Crippen molar-refractivity contribution in [3.05, 3.63) is 36.0 Å². The third kappa shape index (κ3) is 2.98. The molecule has 1 aliphatic heterocycles. The highest BCUT2D eigenvalue weighted by Gasteiger charge is 2.29. The van der Waals surface area contributed by atoms with Crippen molar-refractivity contribution < 1.29 is 0 Å². The number of aromatic amines is 1. The fourth-order valence-electron chi connectivity index (χ4n) is 3.42. The highest BCUT2D eigenvalue weighted by Crippen LogP contribution is 2.32. The molecule has 0 aliphatic carbocycles. The van der Waals surface area contributed by atoms with Gasteiger partial charge in [0.15, 0.2) is 0 Å². The summed E-state index contributed by atoms with van der Waals surface area (Å²) in [6.45, 7) is 7.01. The van der Waals surface area contributed by atoms with Crippen LogP contribution in [-0.4, -0.2) is 39.8 Å². The van der Waals surface area contributed by atoms with Crippen molar-refractivity contribution in [3.63, 3.8) is 0 Å². The molecular weight excluding hydrogens is 312 g/mol. The van der Waals surface area contributed by atoms with Crippen LogP contribution in [0.25, 0.3) is 22.4 Å². The predicted molar refractivity (Wildman–Crippen MR) is 100 cm³/mol. The number of anilines is 1. The Hall–Kier alpha value is -2.47. The second kappa shape index (κ2) is 6.11. The SMILES string of the molecule is Cc1cccc(-c2[nH]nc3nc(N4CCC(C)(CN)CC4)cnc23)c1. The van der Waals surface area contributed by atoms with Gasteiger partial charge in [-0.2, -0.15) is 5.10 Å². The summed E-state index contributed by atoms with van der Waals surface area (Å²) in [5.74, 6) is 0.897. The molecule has 1 aliphatic rings. The van der Waals surface area contributed by atoms with Gasteiger partial charge in [0.1, 0.15) is 11.3 Å². The van der Waals surface area contributed by atoms with Gasteiger partial charge in [-0.25, -0.2) is 9.97 Å². The number of aromatic nitrogens is 4. The van der Waals surface area contributed by atoms with E-state index in [4.69, 9.17) is 10.7 Å². The summed E-state index contributed by atoms with van der Waals surface area (Å²) < 4.78 is 0. The van der Waals surface area contributed by atoms with E-state index in [0.717, 1.165) is 55.1 Å². The molecule has 1 fully saturated rings. The Morgan fingerprint density at radius 1 is 1.28 bits per heavy atom. The molecule has 4 rings (SSSR count). The number of hydrogen-bond donors (Lipinski definition) is 2. The van der Waals surface area contributed by atoms with Gasteiger partial charge < -0.3 is 10.6 Å². The van der Waals surface area contributed by atoms with Gasteiger partial charge in [-0.05, 0) is 37.8 Å². The quantitative estimate of drug-likeness (QED) is 0.768. The first-order valence-corrected chi connectivity index (χ1v) is 8.81. The molecule has 25 heavy (non-hydrogen) atoms. The molecule has 0 unspecified atom stereocenters. The monoisotopic (exact) mass is 336 g/mol. The number of benzene rings is 1. The summed E-state index contributed by atoms with van der Waals surface area (Å²) in [6, 6.07) is 8.31. The summed E-state index contributed by atoms with van der Waals surface area (Å²) in [5.41, 5.74) is 10.9. The minimum Gasteiger partial charge on any atom is -0.355 e. The standard InChI is InChI=1S/C19H24N6/c1-13-4-3-5-14(10-13)16-17-18(24-23-16)22-15(11-21-17)25-8-6-19(2,12-20)7-9-25/h3-5,10-11H,6-9,12,20H2,1-2H3,(H,22,23,24). The number of piperidine rings is 1. The zero-order valence-electron chi connectivity index (χ0n) is 14.8. The Labute approximate surface area is 147 Å². The third-order valence-electron chi connectivity index (χ3n) is 5.35. The molecular formula is C19H24N6. The maximum atomic E-state index is 5.90. The van der Waals surface area contributed by atoms with E-state index >= 15 is 0 Å². The van der Waals surface area contributed by atoms with E-state index in [1.165, 1.54) is 5.56 Å². The van der Waals surface area contributed by atoms with Gasteiger partial charge in [-0.1, -0.05) is 30.7 Å². The molecule has 0 saturated carbocycles. The largest absolute Gasteiger partial charge is 0.355 e. The lowest BCUT2D eigenvalue weighted by molar-refractivity contribution is 0.258. The molecule has 0 bridgehead atoms. The zero-order valence-corrected chi connectivity index (χ0v) is 14.8. The third-order valence-corrected chi connectivity index (χ3v) is 5.35. The van der Waals surface area contributed by atoms with Gasteiger partial charge in [0.05, 0.1) is 11.9 Å². The molecule has 3 heterocycles. The first kappa shape index (κ1) is 16.0. The number of nitrogens with zero attached hydrogens (tertiary/aromatic N) is 4. The van der Waals surface area contributed by atoms with E-state index in [9.17, 15) is 0 Å². The predicted octanol–water partition coefficient (Wildman–Crippen LogP) is 2.89. The highest BCUT2D eigenvalue weighted by molar-refractivity contribution is 5.87.